The van der Waals surface area contributed by atoms with Crippen molar-refractivity contribution in [3.05, 3.63) is 0 Å². The molecule has 0 radical (unpaired) electrons. The van der Waals surface area contributed by atoms with Crippen LogP contribution in [0, 0.1) is 5.92 Å². The third-order valence-electron chi connectivity index (χ3n) is 3.68. The fourth-order valence-corrected chi connectivity index (χ4v) is 2.60. The number of morpholine rings is 1. The van der Waals surface area contributed by atoms with Crippen molar-refractivity contribution in [2.24, 2.45) is 5.92 Å². The molecule has 2 rings (SSSR count). The Morgan fingerprint density at radius 2 is 2.00 bits per heavy atom. The Bertz CT molecular complexity index is 167. The number of rotatable bonds is 1. The highest BCUT2D eigenvalue weighted by Crippen LogP contribution is 2.37. The SMILES string of the molecule is CC1COC(C)(C2CCCC2)CN1. The quantitative estimate of drug-likeness (QED) is 0.671. The van der Waals surface area contributed by atoms with Gasteiger partial charge in [-0.25, -0.2) is 0 Å². The number of ether oxygens (including phenoxy) is 1. The lowest BCUT2D eigenvalue weighted by atomic mass is 9.86. The molecule has 1 aliphatic carbocycles. The molecule has 2 aliphatic rings. The molecule has 2 atom stereocenters. The summed E-state index contributed by atoms with van der Waals surface area (Å²) >= 11 is 0. The second-order valence-corrected chi connectivity index (χ2v) is 4.89. The molecule has 2 unspecified atom stereocenters. The average molecular weight is 183 g/mol. The fourth-order valence-electron chi connectivity index (χ4n) is 2.60. The highest BCUT2D eigenvalue weighted by Gasteiger charge is 2.39. The average Bonchev–Trinajstić information content (AvgIpc) is 2.63. The molecule has 2 heteroatoms. The van der Waals surface area contributed by atoms with Crippen LogP contribution >= 0.6 is 0 Å². The van der Waals surface area contributed by atoms with Gasteiger partial charge in [0.25, 0.3) is 0 Å². The van der Waals surface area contributed by atoms with Gasteiger partial charge in [-0.05, 0) is 32.6 Å². The standard InChI is InChI=1S/C11H21NO/c1-9-7-13-11(2,8-12-9)10-5-3-4-6-10/h9-10,12H,3-8H2,1-2H3. The summed E-state index contributed by atoms with van der Waals surface area (Å²) in [6.07, 6.45) is 5.54. The van der Waals surface area contributed by atoms with Gasteiger partial charge >= 0.3 is 0 Å². The molecule has 0 amide bonds. The van der Waals surface area contributed by atoms with E-state index >= 15 is 0 Å². The highest BCUT2D eigenvalue weighted by molar-refractivity contribution is 4.92. The van der Waals surface area contributed by atoms with E-state index in [0.29, 0.717) is 6.04 Å². The first-order chi connectivity index (χ1) is 6.21. The Labute approximate surface area is 81.0 Å². The van der Waals surface area contributed by atoms with Crippen LogP contribution in [-0.2, 0) is 4.74 Å². The number of hydrogen-bond acceptors (Lipinski definition) is 2. The van der Waals surface area contributed by atoms with Crippen molar-refractivity contribution in [1.82, 2.24) is 5.32 Å². The molecule has 0 aromatic rings. The van der Waals surface area contributed by atoms with Crippen molar-refractivity contribution < 1.29 is 4.74 Å². The molecule has 1 heterocycles. The van der Waals surface area contributed by atoms with Gasteiger partial charge in [0.1, 0.15) is 0 Å². The Balaban J connectivity index is 1.95. The molecule has 0 bridgehead atoms. The van der Waals surface area contributed by atoms with E-state index in [1.165, 1.54) is 25.7 Å². The molecule has 1 aliphatic heterocycles. The van der Waals surface area contributed by atoms with E-state index in [0.717, 1.165) is 19.1 Å². The van der Waals surface area contributed by atoms with Gasteiger partial charge in [0.2, 0.25) is 0 Å². The molecular weight excluding hydrogens is 162 g/mol. The molecule has 13 heavy (non-hydrogen) atoms. The third kappa shape index (κ3) is 1.89. The first-order valence-corrected chi connectivity index (χ1v) is 5.58. The van der Waals surface area contributed by atoms with Crippen LogP contribution in [0.4, 0.5) is 0 Å². The number of nitrogens with one attached hydrogen (secondary N) is 1. The van der Waals surface area contributed by atoms with E-state index < -0.39 is 0 Å². The zero-order valence-electron chi connectivity index (χ0n) is 8.81. The summed E-state index contributed by atoms with van der Waals surface area (Å²) in [4.78, 5) is 0. The normalized spacial score (nSPS) is 42.5. The van der Waals surface area contributed by atoms with Crippen LogP contribution in [0.15, 0.2) is 0 Å². The predicted molar refractivity (Wildman–Crippen MR) is 53.8 cm³/mol. The Hall–Kier alpha value is -0.0800. The van der Waals surface area contributed by atoms with Gasteiger partial charge in [-0.1, -0.05) is 12.8 Å². The first kappa shape index (κ1) is 9.47. The van der Waals surface area contributed by atoms with E-state index in [-0.39, 0.29) is 5.60 Å². The molecule has 0 aromatic carbocycles. The molecule has 2 fully saturated rings. The van der Waals surface area contributed by atoms with Gasteiger partial charge in [0.15, 0.2) is 0 Å². The molecule has 1 saturated heterocycles. The lowest BCUT2D eigenvalue weighted by Gasteiger charge is -2.41. The first-order valence-electron chi connectivity index (χ1n) is 5.58. The zero-order chi connectivity index (χ0) is 9.31. The third-order valence-corrected chi connectivity index (χ3v) is 3.68. The summed E-state index contributed by atoms with van der Waals surface area (Å²) in [5, 5.41) is 3.52. The second kappa shape index (κ2) is 3.58. The maximum atomic E-state index is 6.00. The summed E-state index contributed by atoms with van der Waals surface area (Å²) in [6.45, 7) is 6.39. The highest BCUT2D eigenvalue weighted by atomic mass is 16.5. The van der Waals surface area contributed by atoms with Gasteiger partial charge < -0.3 is 10.1 Å². The summed E-state index contributed by atoms with van der Waals surface area (Å²) in [5.74, 6) is 0.799. The van der Waals surface area contributed by atoms with Crippen LogP contribution in [-0.4, -0.2) is 24.8 Å². The lowest BCUT2D eigenvalue weighted by molar-refractivity contribution is -0.103. The molecule has 0 aromatic heterocycles. The van der Waals surface area contributed by atoms with E-state index in [2.05, 4.69) is 19.2 Å². The minimum atomic E-state index is 0.128. The Kier molecular flexibility index (Phi) is 2.61. The number of hydrogen-bond donors (Lipinski definition) is 1. The van der Waals surface area contributed by atoms with Crippen molar-refractivity contribution in [3.8, 4) is 0 Å². The Morgan fingerprint density at radius 1 is 1.31 bits per heavy atom. The van der Waals surface area contributed by atoms with Crippen LogP contribution in [0.25, 0.3) is 0 Å². The molecule has 1 N–H and O–H groups in total. The topological polar surface area (TPSA) is 21.3 Å². The van der Waals surface area contributed by atoms with Crippen LogP contribution < -0.4 is 5.32 Å². The maximum absolute atomic E-state index is 6.00. The van der Waals surface area contributed by atoms with Crippen molar-refractivity contribution >= 4 is 0 Å². The largest absolute Gasteiger partial charge is 0.372 e. The van der Waals surface area contributed by atoms with Gasteiger partial charge in [-0.2, -0.15) is 0 Å². The molecular formula is C11H21NO. The van der Waals surface area contributed by atoms with Gasteiger partial charge in [0, 0.05) is 12.6 Å². The molecule has 0 spiro atoms. The van der Waals surface area contributed by atoms with E-state index in [1.54, 1.807) is 0 Å². The zero-order valence-corrected chi connectivity index (χ0v) is 8.81. The van der Waals surface area contributed by atoms with Crippen LogP contribution in [0.5, 0.6) is 0 Å². The van der Waals surface area contributed by atoms with Gasteiger partial charge in [0.05, 0.1) is 12.2 Å². The maximum Gasteiger partial charge on any atom is 0.0807 e. The van der Waals surface area contributed by atoms with E-state index in [9.17, 15) is 0 Å². The summed E-state index contributed by atoms with van der Waals surface area (Å²) in [5.41, 5.74) is 0.128. The van der Waals surface area contributed by atoms with Crippen molar-refractivity contribution in [3.63, 3.8) is 0 Å². The monoisotopic (exact) mass is 183 g/mol. The second-order valence-electron chi connectivity index (χ2n) is 4.89. The molecule has 1 saturated carbocycles. The molecule has 2 nitrogen and oxygen atoms in total. The van der Waals surface area contributed by atoms with Gasteiger partial charge in [-0.3, -0.25) is 0 Å². The van der Waals surface area contributed by atoms with Crippen LogP contribution in [0.3, 0.4) is 0 Å². The van der Waals surface area contributed by atoms with E-state index in [4.69, 9.17) is 4.74 Å². The van der Waals surface area contributed by atoms with Crippen LogP contribution in [0.2, 0.25) is 0 Å². The minimum Gasteiger partial charge on any atom is -0.372 e. The minimum absolute atomic E-state index is 0.128. The lowest BCUT2D eigenvalue weighted by Crippen LogP contribution is -2.55. The van der Waals surface area contributed by atoms with Crippen LogP contribution in [0.1, 0.15) is 39.5 Å². The summed E-state index contributed by atoms with van der Waals surface area (Å²) in [7, 11) is 0. The predicted octanol–water partition coefficient (Wildman–Crippen LogP) is 1.94. The van der Waals surface area contributed by atoms with Crippen molar-refractivity contribution in [1.29, 1.82) is 0 Å². The summed E-state index contributed by atoms with van der Waals surface area (Å²) in [6, 6.07) is 0.537. The molecule has 76 valence electrons. The Morgan fingerprint density at radius 3 is 2.54 bits per heavy atom. The fraction of sp³-hybridized carbons (Fsp3) is 1.00. The summed E-state index contributed by atoms with van der Waals surface area (Å²) < 4.78 is 6.00. The smallest absolute Gasteiger partial charge is 0.0807 e. The van der Waals surface area contributed by atoms with Crippen molar-refractivity contribution in [2.45, 2.75) is 51.2 Å². The van der Waals surface area contributed by atoms with Gasteiger partial charge in [-0.15, -0.1) is 0 Å². The van der Waals surface area contributed by atoms with Crippen molar-refractivity contribution in [2.75, 3.05) is 13.2 Å². The van der Waals surface area contributed by atoms with E-state index in [1.807, 2.05) is 0 Å².